The van der Waals surface area contributed by atoms with Gasteiger partial charge < -0.3 is 4.42 Å². The van der Waals surface area contributed by atoms with E-state index in [-0.39, 0.29) is 5.41 Å². The summed E-state index contributed by atoms with van der Waals surface area (Å²) in [5, 5.41) is 0. The van der Waals surface area contributed by atoms with Gasteiger partial charge in [0.2, 0.25) is 0 Å². The van der Waals surface area contributed by atoms with E-state index in [9.17, 15) is 0 Å². The van der Waals surface area contributed by atoms with E-state index in [2.05, 4.69) is 85.8 Å². The van der Waals surface area contributed by atoms with Crippen molar-refractivity contribution >= 4 is 22.6 Å². The lowest BCUT2D eigenvalue weighted by Gasteiger charge is -2.18. The van der Waals surface area contributed by atoms with Crippen LogP contribution in [0.3, 0.4) is 0 Å². The zero-order chi connectivity index (χ0) is 15.7. The predicted molar refractivity (Wildman–Crippen MR) is 101 cm³/mol. The molecule has 1 heterocycles. The molecular weight excluding hydrogens is 383 g/mol. The van der Waals surface area contributed by atoms with Crippen LogP contribution in [-0.4, -0.2) is 0 Å². The van der Waals surface area contributed by atoms with E-state index in [1.165, 1.54) is 5.56 Å². The second-order valence-corrected chi connectivity index (χ2v) is 7.64. The number of benzene rings is 2. The quantitative estimate of drug-likeness (QED) is 0.445. The lowest BCUT2D eigenvalue weighted by molar-refractivity contribution is 0.587. The molecule has 0 atom stereocenters. The molecular formula is C20H19IO. The van der Waals surface area contributed by atoms with Gasteiger partial charge >= 0.3 is 0 Å². The first-order valence-electron chi connectivity index (χ1n) is 7.41. The monoisotopic (exact) mass is 402 g/mol. The van der Waals surface area contributed by atoms with Gasteiger partial charge in [0.05, 0.1) is 3.57 Å². The first-order chi connectivity index (χ1) is 10.4. The van der Waals surface area contributed by atoms with Crippen LogP contribution in [0.2, 0.25) is 0 Å². The molecule has 0 amide bonds. The lowest BCUT2D eigenvalue weighted by atomic mass is 9.86. The summed E-state index contributed by atoms with van der Waals surface area (Å²) >= 11 is 2.34. The van der Waals surface area contributed by atoms with Crippen molar-refractivity contribution in [3.63, 3.8) is 0 Å². The minimum absolute atomic E-state index is 0.171. The van der Waals surface area contributed by atoms with Crippen LogP contribution in [0, 0.1) is 3.57 Å². The molecule has 0 aliphatic carbocycles. The van der Waals surface area contributed by atoms with Crippen LogP contribution in [-0.2, 0) is 5.41 Å². The van der Waals surface area contributed by atoms with Crippen molar-refractivity contribution in [2.75, 3.05) is 0 Å². The summed E-state index contributed by atoms with van der Waals surface area (Å²) in [6.07, 6.45) is 0. The molecule has 0 unspecified atom stereocenters. The van der Waals surface area contributed by atoms with Crippen molar-refractivity contribution in [3.8, 4) is 22.6 Å². The van der Waals surface area contributed by atoms with Gasteiger partial charge in [0.25, 0.3) is 0 Å². The largest absolute Gasteiger partial charge is 0.455 e. The molecule has 0 fully saturated rings. The topological polar surface area (TPSA) is 13.1 Å². The Hall–Kier alpha value is -1.55. The Kier molecular flexibility index (Phi) is 4.13. The highest BCUT2D eigenvalue weighted by Gasteiger charge is 2.16. The summed E-state index contributed by atoms with van der Waals surface area (Å²) in [5.41, 5.74) is 3.74. The maximum Gasteiger partial charge on any atom is 0.148 e. The maximum atomic E-state index is 6.10. The summed E-state index contributed by atoms with van der Waals surface area (Å²) in [5.74, 6) is 1.86. The van der Waals surface area contributed by atoms with Crippen LogP contribution in [0.5, 0.6) is 0 Å². The zero-order valence-corrected chi connectivity index (χ0v) is 15.2. The minimum Gasteiger partial charge on any atom is -0.455 e. The summed E-state index contributed by atoms with van der Waals surface area (Å²) < 4.78 is 7.24. The first-order valence-corrected chi connectivity index (χ1v) is 8.49. The van der Waals surface area contributed by atoms with E-state index in [4.69, 9.17) is 4.42 Å². The average molecular weight is 402 g/mol. The van der Waals surface area contributed by atoms with E-state index in [1.807, 2.05) is 18.2 Å². The summed E-state index contributed by atoms with van der Waals surface area (Å²) in [7, 11) is 0. The fourth-order valence-corrected chi connectivity index (χ4v) is 3.14. The molecule has 0 bridgehead atoms. The van der Waals surface area contributed by atoms with Gasteiger partial charge in [-0.2, -0.15) is 0 Å². The first kappa shape index (κ1) is 15.3. The van der Waals surface area contributed by atoms with Crippen LogP contribution >= 0.6 is 22.6 Å². The van der Waals surface area contributed by atoms with Gasteiger partial charge in [-0.3, -0.25) is 0 Å². The van der Waals surface area contributed by atoms with Crippen molar-refractivity contribution in [1.29, 1.82) is 0 Å². The molecule has 0 aliphatic rings. The van der Waals surface area contributed by atoms with Crippen LogP contribution in [0.15, 0.2) is 65.1 Å². The van der Waals surface area contributed by atoms with Crippen LogP contribution in [0.4, 0.5) is 0 Å². The highest BCUT2D eigenvalue weighted by atomic mass is 127. The Morgan fingerprint density at radius 1 is 0.818 bits per heavy atom. The molecule has 3 rings (SSSR count). The zero-order valence-electron chi connectivity index (χ0n) is 13.1. The highest BCUT2D eigenvalue weighted by Crippen LogP contribution is 2.34. The summed E-state index contributed by atoms with van der Waals surface area (Å²) in [6.45, 7) is 6.69. The molecule has 0 N–H and O–H groups in total. The molecule has 3 aromatic rings. The standard InChI is InChI=1S/C20H19IO/c1-20(2,3)16-11-9-15(10-12-16)19-17(21)13-18(22-19)14-7-5-4-6-8-14/h4-13H,1-3H3. The van der Waals surface area contributed by atoms with E-state index in [0.717, 1.165) is 26.2 Å². The Balaban J connectivity index is 1.98. The SMILES string of the molecule is CC(C)(C)c1ccc(-c2oc(-c3ccccc3)cc2I)cc1. The summed E-state index contributed by atoms with van der Waals surface area (Å²) in [6, 6.07) is 21.0. The van der Waals surface area contributed by atoms with Crippen LogP contribution in [0.25, 0.3) is 22.6 Å². The molecule has 1 nitrogen and oxygen atoms in total. The van der Waals surface area contributed by atoms with Crippen molar-refractivity contribution < 1.29 is 4.42 Å². The average Bonchev–Trinajstić information content (AvgIpc) is 2.89. The van der Waals surface area contributed by atoms with E-state index < -0.39 is 0 Å². The van der Waals surface area contributed by atoms with Crippen molar-refractivity contribution in [1.82, 2.24) is 0 Å². The molecule has 0 aliphatic heterocycles. The van der Waals surface area contributed by atoms with Gasteiger partial charge in [-0.25, -0.2) is 0 Å². The van der Waals surface area contributed by atoms with E-state index in [0.29, 0.717) is 0 Å². The Morgan fingerprint density at radius 2 is 1.45 bits per heavy atom. The van der Waals surface area contributed by atoms with E-state index in [1.54, 1.807) is 0 Å². The molecule has 2 heteroatoms. The minimum atomic E-state index is 0.171. The van der Waals surface area contributed by atoms with Crippen LogP contribution < -0.4 is 0 Å². The van der Waals surface area contributed by atoms with Gasteiger partial charge in [0.15, 0.2) is 0 Å². The van der Waals surface area contributed by atoms with Gasteiger partial charge in [0.1, 0.15) is 11.5 Å². The third-order valence-electron chi connectivity index (χ3n) is 3.76. The highest BCUT2D eigenvalue weighted by molar-refractivity contribution is 14.1. The fourth-order valence-electron chi connectivity index (χ4n) is 2.43. The number of hydrogen-bond donors (Lipinski definition) is 0. The number of furan rings is 1. The molecule has 2 aromatic carbocycles. The third kappa shape index (κ3) is 3.12. The molecule has 0 spiro atoms. The van der Waals surface area contributed by atoms with Gasteiger partial charge in [-0.05, 0) is 39.6 Å². The third-order valence-corrected chi connectivity index (χ3v) is 4.56. The van der Waals surface area contributed by atoms with Gasteiger partial charge in [-0.1, -0.05) is 75.4 Å². The molecule has 1 aromatic heterocycles. The molecule has 112 valence electrons. The molecule has 0 saturated carbocycles. The summed E-state index contributed by atoms with van der Waals surface area (Å²) in [4.78, 5) is 0. The van der Waals surface area contributed by atoms with Crippen molar-refractivity contribution in [2.24, 2.45) is 0 Å². The maximum absolute atomic E-state index is 6.10. The van der Waals surface area contributed by atoms with Gasteiger partial charge in [-0.15, -0.1) is 0 Å². The molecule has 0 radical (unpaired) electrons. The fraction of sp³-hybridized carbons (Fsp3) is 0.200. The second kappa shape index (κ2) is 5.92. The van der Waals surface area contributed by atoms with Gasteiger partial charge in [0, 0.05) is 11.1 Å². The van der Waals surface area contributed by atoms with E-state index >= 15 is 0 Å². The smallest absolute Gasteiger partial charge is 0.148 e. The Labute approximate surface area is 145 Å². The van der Waals surface area contributed by atoms with Crippen molar-refractivity contribution in [2.45, 2.75) is 26.2 Å². The van der Waals surface area contributed by atoms with Crippen LogP contribution in [0.1, 0.15) is 26.3 Å². The lowest BCUT2D eigenvalue weighted by Crippen LogP contribution is -2.10. The molecule has 22 heavy (non-hydrogen) atoms. The number of hydrogen-bond acceptors (Lipinski definition) is 1. The number of rotatable bonds is 2. The Bertz CT molecular complexity index is 762. The van der Waals surface area contributed by atoms with Crippen molar-refractivity contribution in [3.05, 3.63) is 69.8 Å². The predicted octanol–water partition coefficient (Wildman–Crippen LogP) is 6.52. The second-order valence-electron chi connectivity index (χ2n) is 6.48. The normalized spacial score (nSPS) is 11.6. The Morgan fingerprint density at radius 3 is 2.05 bits per heavy atom. The molecule has 0 saturated heterocycles. The number of halogens is 1.